The number of hydrogen-bond donors (Lipinski definition) is 2. The van der Waals surface area contributed by atoms with Gasteiger partial charge in [0.15, 0.2) is 0 Å². The standard InChI is InChI=1S/C13H17N3O2S/c1-6-10(12(19-2)16-13(18)14-6)11(17)15-9-4-7-3-8(7)5-9/h7-9H,3-5H2,1-2H3,(H,15,17)(H,14,16,18). The number of carbonyl (C=O) groups excluding carboxylic acids is 1. The van der Waals surface area contributed by atoms with Crippen molar-refractivity contribution in [2.45, 2.75) is 37.3 Å². The number of H-pyrrole nitrogens is 1. The quantitative estimate of drug-likeness (QED) is 0.646. The molecule has 2 unspecified atom stereocenters. The van der Waals surface area contributed by atoms with Gasteiger partial charge in [-0.15, -0.1) is 11.8 Å². The summed E-state index contributed by atoms with van der Waals surface area (Å²) < 4.78 is 0. The third-order valence-electron chi connectivity index (χ3n) is 4.09. The topological polar surface area (TPSA) is 74.8 Å². The zero-order chi connectivity index (χ0) is 13.6. The Bertz CT molecular complexity index is 574. The molecular formula is C13H17N3O2S. The third kappa shape index (κ3) is 2.41. The van der Waals surface area contributed by atoms with Gasteiger partial charge in [-0.1, -0.05) is 0 Å². The minimum absolute atomic E-state index is 0.114. The molecule has 2 aliphatic rings. The molecule has 1 amide bonds. The van der Waals surface area contributed by atoms with Crippen LogP contribution < -0.4 is 11.0 Å². The monoisotopic (exact) mass is 279 g/mol. The molecule has 6 heteroatoms. The van der Waals surface area contributed by atoms with Crippen molar-refractivity contribution in [3.8, 4) is 0 Å². The van der Waals surface area contributed by atoms with Gasteiger partial charge in [-0.3, -0.25) is 4.79 Å². The zero-order valence-electron chi connectivity index (χ0n) is 11.0. The highest BCUT2D eigenvalue weighted by Gasteiger charge is 2.46. The van der Waals surface area contributed by atoms with Crippen LogP contribution >= 0.6 is 11.8 Å². The molecule has 2 aliphatic carbocycles. The molecule has 19 heavy (non-hydrogen) atoms. The highest BCUT2D eigenvalue weighted by molar-refractivity contribution is 7.98. The van der Waals surface area contributed by atoms with Gasteiger partial charge in [0, 0.05) is 11.7 Å². The molecule has 0 aliphatic heterocycles. The smallest absolute Gasteiger partial charge is 0.346 e. The summed E-state index contributed by atoms with van der Waals surface area (Å²) in [6.07, 6.45) is 5.35. The Kier molecular flexibility index (Phi) is 3.12. The van der Waals surface area contributed by atoms with Gasteiger partial charge >= 0.3 is 5.69 Å². The normalized spacial score (nSPS) is 28.0. The fraction of sp³-hybridized carbons (Fsp3) is 0.615. The van der Waals surface area contributed by atoms with Crippen LogP contribution in [0, 0.1) is 18.8 Å². The number of fused-ring (bicyclic) bond motifs is 1. The van der Waals surface area contributed by atoms with Crippen molar-refractivity contribution in [2.24, 2.45) is 11.8 Å². The van der Waals surface area contributed by atoms with Crippen LogP contribution in [0.1, 0.15) is 35.3 Å². The predicted molar refractivity (Wildman–Crippen MR) is 73.5 cm³/mol. The number of thioether (sulfide) groups is 1. The van der Waals surface area contributed by atoms with Crippen LogP contribution in [-0.2, 0) is 0 Å². The van der Waals surface area contributed by atoms with E-state index in [2.05, 4.69) is 15.3 Å². The molecule has 2 saturated carbocycles. The maximum Gasteiger partial charge on any atom is 0.346 e. The van der Waals surface area contributed by atoms with Gasteiger partial charge in [-0.25, -0.2) is 4.79 Å². The van der Waals surface area contributed by atoms with Crippen molar-refractivity contribution in [2.75, 3.05) is 6.26 Å². The summed E-state index contributed by atoms with van der Waals surface area (Å²) >= 11 is 1.33. The van der Waals surface area contributed by atoms with Gasteiger partial charge in [0.2, 0.25) is 0 Å². The second-order valence-electron chi connectivity index (χ2n) is 5.45. The molecule has 2 N–H and O–H groups in total. The zero-order valence-corrected chi connectivity index (χ0v) is 11.8. The van der Waals surface area contributed by atoms with E-state index < -0.39 is 5.69 Å². The molecule has 0 aromatic carbocycles. The van der Waals surface area contributed by atoms with E-state index in [1.807, 2.05) is 6.26 Å². The fourth-order valence-electron chi connectivity index (χ4n) is 3.06. The van der Waals surface area contributed by atoms with Crippen LogP contribution in [0.15, 0.2) is 9.82 Å². The van der Waals surface area contributed by atoms with Crippen LogP contribution in [0.3, 0.4) is 0 Å². The molecule has 2 atom stereocenters. The predicted octanol–water partition coefficient (Wildman–Crippen LogP) is 1.33. The van der Waals surface area contributed by atoms with Gasteiger partial charge in [0.1, 0.15) is 5.03 Å². The summed E-state index contributed by atoms with van der Waals surface area (Å²) in [5.74, 6) is 1.55. The van der Waals surface area contributed by atoms with E-state index in [-0.39, 0.29) is 11.9 Å². The molecule has 5 nitrogen and oxygen atoms in total. The molecule has 0 radical (unpaired) electrons. The Morgan fingerprint density at radius 3 is 2.68 bits per heavy atom. The largest absolute Gasteiger partial charge is 0.349 e. The van der Waals surface area contributed by atoms with Crippen LogP contribution in [-0.4, -0.2) is 28.2 Å². The number of aryl methyl sites for hydroxylation is 1. The van der Waals surface area contributed by atoms with Crippen molar-refractivity contribution < 1.29 is 4.79 Å². The van der Waals surface area contributed by atoms with Crippen LogP contribution in [0.2, 0.25) is 0 Å². The van der Waals surface area contributed by atoms with Gasteiger partial charge in [-0.2, -0.15) is 4.98 Å². The van der Waals surface area contributed by atoms with Gasteiger partial charge < -0.3 is 10.3 Å². The average Bonchev–Trinajstić information content (AvgIpc) is 2.95. The first-order chi connectivity index (χ1) is 9.08. The van der Waals surface area contributed by atoms with Gasteiger partial charge in [-0.05, 0) is 44.3 Å². The van der Waals surface area contributed by atoms with Gasteiger partial charge in [0.05, 0.1) is 5.56 Å². The second kappa shape index (κ2) is 4.67. The van der Waals surface area contributed by atoms with Crippen LogP contribution in [0.5, 0.6) is 0 Å². The lowest BCUT2D eigenvalue weighted by atomic mass is 10.1. The molecule has 1 aromatic heterocycles. The second-order valence-corrected chi connectivity index (χ2v) is 6.24. The first kappa shape index (κ1) is 12.7. The van der Waals surface area contributed by atoms with E-state index in [1.165, 1.54) is 18.2 Å². The van der Waals surface area contributed by atoms with E-state index in [4.69, 9.17) is 0 Å². The Hall–Kier alpha value is -1.30. The molecule has 2 fully saturated rings. The Balaban J connectivity index is 1.80. The molecule has 1 heterocycles. The van der Waals surface area contributed by atoms with Crippen LogP contribution in [0.4, 0.5) is 0 Å². The first-order valence-corrected chi connectivity index (χ1v) is 7.76. The summed E-state index contributed by atoms with van der Waals surface area (Å²) in [5.41, 5.74) is 0.693. The minimum atomic E-state index is -0.402. The van der Waals surface area contributed by atoms with Crippen molar-refractivity contribution in [3.63, 3.8) is 0 Å². The third-order valence-corrected chi connectivity index (χ3v) is 4.77. The van der Waals surface area contributed by atoms with E-state index in [1.54, 1.807) is 6.92 Å². The molecule has 0 saturated heterocycles. The summed E-state index contributed by atoms with van der Waals surface area (Å²) in [6.45, 7) is 1.74. The number of nitrogens with one attached hydrogen (secondary N) is 2. The number of aromatic amines is 1. The lowest BCUT2D eigenvalue weighted by molar-refractivity contribution is 0.0930. The number of nitrogens with zero attached hydrogens (tertiary/aromatic N) is 1. The van der Waals surface area contributed by atoms with E-state index >= 15 is 0 Å². The minimum Gasteiger partial charge on any atom is -0.349 e. The number of carbonyl (C=O) groups is 1. The number of rotatable bonds is 3. The summed E-state index contributed by atoms with van der Waals surface area (Å²) in [6, 6.07) is 0.289. The molecule has 102 valence electrons. The van der Waals surface area contributed by atoms with Crippen LogP contribution in [0.25, 0.3) is 0 Å². The fourth-order valence-corrected chi connectivity index (χ4v) is 3.69. The lowest BCUT2D eigenvalue weighted by Gasteiger charge is -2.16. The van der Waals surface area contributed by atoms with E-state index in [0.717, 1.165) is 24.7 Å². The maximum atomic E-state index is 12.3. The Morgan fingerprint density at radius 2 is 2.05 bits per heavy atom. The maximum absolute atomic E-state index is 12.3. The van der Waals surface area contributed by atoms with Crippen molar-refractivity contribution in [3.05, 3.63) is 21.7 Å². The summed E-state index contributed by atoms with van der Waals surface area (Å²) in [5, 5.41) is 3.58. The Morgan fingerprint density at radius 1 is 1.37 bits per heavy atom. The Labute approximate surface area is 115 Å². The first-order valence-electron chi connectivity index (χ1n) is 6.54. The van der Waals surface area contributed by atoms with Crippen molar-refractivity contribution in [1.82, 2.24) is 15.3 Å². The lowest BCUT2D eigenvalue weighted by Crippen LogP contribution is -2.35. The molecular weight excluding hydrogens is 262 g/mol. The molecule has 1 aromatic rings. The van der Waals surface area contributed by atoms with E-state index in [9.17, 15) is 9.59 Å². The summed E-state index contributed by atoms with van der Waals surface area (Å²) in [4.78, 5) is 30.1. The molecule has 0 spiro atoms. The van der Waals surface area contributed by atoms with Gasteiger partial charge in [0.25, 0.3) is 5.91 Å². The SMILES string of the molecule is CSc1nc(=O)[nH]c(C)c1C(=O)NC1CC2CC2C1. The number of aromatic nitrogens is 2. The average molecular weight is 279 g/mol. The van der Waals surface area contributed by atoms with Crippen molar-refractivity contribution >= 4 is 17.7 Å². The van der Waals surface area contributed by atoms with E-state index in [0.29, 0.717) is 16.3 Å². The highest BCUT2D eigenvalue weighted by Crippen LogP contribution is 2.51. The highest BCUT2D eigenvalue weighted by atomic mass is 32.2. The molecule has 0 bridgehead atoms. The number of amides is 1. The number of hydrogen-bond acceptors (Lipinski definition) is 4. The molecule has 3 rings (SSSR count). The summed E-state index contributed by atoms with van der Waals surface area (Å²) in [7, 11) is 0. The van der Waals surface area contributed by atoms with Crippen molar-refractivity contribution in [1.29, 1.82) is 0 Å².